The van der Waals surface area contributed by atoms with E-state index < -0.39 is 0 Å². The van der Waals surface area contributed by atoms with Crippen molar-refractivity contribution in [1.29, 1.82) is 0 Å². The van der Waals surface area contributed by atoms with Gasteiger partial charge in [0.15, 0.2) is 0 Å². The summed E-state index contributed by atoms with van der Waals surface area (Å²) in [7, 11) is 0. The van der Waals surface area contributed by atoms with Crippen LogP contribution >= 0.6 is 0 Å². The maximum atomic E-state index is 6.04. The van der Waals surface area contributed by atoms with Gasteiger partial charge in [0, 0.05) is 5.54 Å². The molecule has 0 bridgehead atoms. The molecule has 0 radical (unpaired) electrons. The van der Waals surface area contributed by atoms with E-state index in [1.807, 2.05) is 0 Å². The second kappa shape index (κ2) is 5.56. The summed E-state index contributed by atoms with van der Waals surface area (Å²) in [5.41, 5.74) is 6.62. The lowest BCUT2D eigenvalue weighted by Gasteiger charge is -2.30. The van der Waals surface area contributed by atoms with Crippen molar-refractivity contribution in [3.05, 3.63) is 12.2 Å². The summed E-state index contributed by atoms with van der Waals surface area (Å²) in [4.78, 5) is 0. The first-order valence-corrected chi connectivity index (χ1v) is 6.79. The monoisotopic (exact) mass is 239 g/mol. The zero-order valence-corrected chi connectivity index (χ0v) is 13.2. The van der Waals surface area contributed by atoms with Gasteiger partial charge in [0.2, 0.25) is 0 Å². The molecule has 1 heteroatoms. The molecule has 0 aliphatic heterocycles. The van der Waals surface area contributed by atoms with E-state index in [0.29, 0.717) is 11.3 Å². The first kappa shape index (κ1) is 16.7. The van der Waals surface area contributed by atoms with Gasteiger partial charge in [-0.15, -0.1) is 0 Å². The molecule has 0 amide bonds. The first-order valence-electron chi connectivity index (χ1n) is 6.79. The van der Waals surface area contributed by atoms with E-state index >= 15 is 0 Å². The Kier molecular flexibility index (Phi) is 5.46. The highest BCUT2D eigenvalue weighted by molar-refractivity contribution is 4.99. The summed E-state index contributed by atoms with van der Waals surface area (Å²) in [5, 5.41) is 0. The van der Waals surface area contributed by atoms with Crippen LogP contribution in [0.4, 0.5) is 0 Å². The molecular weight excluding hydrogens is 206 g/mol. The smallest absolute Gasteiger partial charge is 0.0103 e. The van der Waals surface area contributed by atoms with E-state index in [9.17, 15) is 0 Å². The van der Waals surface area contributed by atoms with E-state index in [1.54, 1.807) is 0 Å². The van der Waals surface area contributed by atoms with Crippen LogP contribution in [0.25, 0.3) is 0 Å². The topological polar surface area (TPSA) is 26.0 Å². The number of allylic oxidation sites excluding steroid dienone is 2. The van der Waals surface area contributed by atoms with E-state index in [4.69, 9.17) is 5.73 Å². The zero-order chi connectivity index (χ0) is 13.9. The number of hydrogen-bond acceptors (Lipinski definition) is 1. The van der Waals surface area contributed by atoms with Gasteiger partial charge in [-0.05, 0) is 43.4 Å². The lowest BCUT2D eigenvalue weighted by atomic mass is 9.75. The SMILES string of the molecule is CC(/C=C\C(C)(C)CC(C)(C)C)CC(C)(C)N. The van der Waals surface area contributed by atoms with Crippen molar-refractivity contribution in [2.45, 2.75) is 73.8 Å². The van der Waals surface area contributed by atoms with Crippen molar-refractivity contribution >= 4 is 0 Å². The molecule has 17 heavy (non-hydrogen) atoms. The van der Waals surface area contributed by atoms with Gasteiger partial charge >= 0.3 is 0 Å². The Morgan fingerprint density at radius 2 is 1.47 bits per heavy atom. The molecule has 0 aliphatic carbocycles. The van der Waals surface area contributed by atoms with Gasteiger partial charge in [-0.1, -0.05) is 53.7 Å². The standard InChI is InChI=1S/C16H33N/c1-13(11-16(7,8)17)9-10-15(5,6)12-14(2,3)4/h9-10,13H,11-12,17H2,1-8H3/b10-9-. The second-order valence-corrected chi connectivity index (χ2v) is 8.26. The van der Waals surface area contributed by atoms with Crippen LogP contribution in [0.2, 0.25) is 0 Å². The predicted octanol–water partition coefficient (Wildman–Crippen LogP) is 4.77. The van der Waals surface area contributed by atoms with Crippen LogP contribution in [-0.2, 0) is 0 Å². The molecule has 0 aromatic rings. The second-order valence-electron chi connectivity index (χ2n) is 8.26. The van der Waals surface area contributed by atoms with Crippen LogP contribution in [0.1, 0.15) is 68.2 Å². The molecule has 0 aliphatic rings. The van der Waals surface area contributed by atoms with Crippen molar-refractivity contribution in [1.82, 2.24) is 0 Å². The van der Waals surface area contributed by atoms with Crippen molar-refractivity contribution in [2.75, 3.05) is 0 Å². The van der Waals surface area contributed by atoms with Gasteiger partial charge in [0.05, 0.1) is 0 Å². The summed E-state index contributed by atoms with van der Waals surface area (Å²) in [6, 6.07) is 0. The van der Waals surface area contributed by atoms with Gasteiger partial charge in [-0.25, -0.2) is 0 Å². The molecule has 1 nitrogen and oxygen atoms in total. The average molecular weight is 239 g/mol. The van der Waals surface area contributed by atoms with Gasteiger partial charge in [-0.2, -0.15) is 0 Å². The third-order valence-electron chi connectivity index (χ3n) is 2.71. The first-order chi connectivity index (χ1) is 7.31. The van der Waals surface area contributed by atoms with Crippen LogP contribution in [0.15, 0.2) is 12.2 Å². The fourth-order valence-electron chi connectivity index (χ4n) is 2.75. The molecule has 2 N–H and O–H groups in total. The van der Waals surface area contributed by atoms with Crippen molar-refractivity contribution in [3.8, 4) is 0 Å². The van der Waals surface area contributed by atoms with Crippen molar-refractivity contribution in [2.24, 2.45) is 22.5 Å². The quantitative estimate of drug-likeness (QED) is 0.687. The molecule has 0 spiro atoms. The van der Waals surface area contributed by atoms with Gasteiger partial charge < -0.3 is 5.73 Å². The predicted molar refractivity (Wildman–Crippen MR) is 79.0 cm³/mol. The minimum atomic E-state index is -0.0715. The Labute approximate surface area is 109 Å². The molecule has 102 valence electrons. The highest BCUT2D eigenvalue weighted by Gasteiger charge is 2.23. The van der Waals surface area contributed by atoms with Crippen molar-refractivity contribution in [3.63, 3.8) is 0 Å². The molecule has 0 aromatic carbocycles. The number of hydrogen-bond donors (Lipinski definition) is 1. The highest BCUT2D eigenvalue weighted by atomic mass is 14.7. The van der Waals surface area contributed by atoms with Crippen molar-refractivity contribution < 1.29 is 0 Å². The summed E-state index contributed by atoms with van der Waals surface area (Å²) < 4.78 is 0. The fraction of sp³-hybridized carbons (Fsp3) is 0.875. The molecule has 0 rings (SSSR count). The van der Waals surface area contributed by atoms with Crippen LogP contribution in [-0.4, -0.2) is 5.54 Å². The van der Waals surface area contributed by atoms with E-state index in [-0.39, 0.29) is 11.0 Å². The highest BCUT2D eigenvalue weighted by Crippen LogP contribution is 2.34. The van der Waals surface area contributed by atoms with Gasteiger partial charge in [-0.3, -0.25) is 0 Å². The van der Waals surface area contributed by atoms with Crippen LogP contribution in [0.3, 0.4) is 0 Å². The molecule has 0 heterocycles. The largest absolute Gasteiger partial charge is 0.326 e. The maximum Gasteiger partial charge on any atom is 0.0103 e. The molecule has 0 fully saturated rings. The minimum Gasteiger partial charge on any atom is -0.326 e. The lowest BCUT2D eigenvalue weighted by molar-refractivity contribution is 0.261. The molecule has 0 aromatic heterocycles. The Bertz CT molecular complexity index is 248. The Hall–Kier alpha value is -0.300. The summed E-state index contributed by atoms with van der Waals surface area (Å²) in [6.45, 7) is 18.0. The third-order valence-corrected chi connectivity index (χ3v) is 2.71. The molecule has 1 unspecified atom stereocenters. The molecule has 0 saturated carbocycles. The number of nitrogens with two attached hydrogens (primary N) is 1. The number of rotatable bonds is 5. The Morgan fingerprint density at radius 1 is 1.00 bits per heavy atom. The molecule has 1 atom stereocenters. The maximum absolute atomic E-state index is 6.04. The van der Waals surface area contributed by atoms with Gasteiger partial charge in [0.1, 0.15) is 0 Å². The van der Waals surface area contributed by atoms with E-state index in [1.165, 1.54) is 6.42 Å². The Balaban J connectivity index is 4.40. The van der Waals surface area contributed by atoms with Crippen LogP contribution in [0.5, 0.6) is 0 Å². The molecule has 0 saturated heterocycles. The van der Waals surface area contributed by atoms with Crippen LogP contribution in [0, 0.1) is 16.7 Å². The summed E-state index contributed by atoms with van der Waals surface area (Å²) >= 11 is 0. The summed E-state index contributed by atoms with van der Waals surface area (Å²) in [5.74, 6) is 0.550. The van der Waals surface area contributed by atoms with Crippen LogP contribution < -0.4 is 5.73 Å². The van der Waals surface area contributed by atoms with Gasteiger partial charge in [0.25, 0.3) is 0 Å². The lowest BCUT2D eigenvalue weighted by Crippen LogP contribution is -2.33. The average Bonchev–Trinajstić information content (AvgIpc) is 1.92. The normalized spacial score (nSPS) is 16.5. The fourth-order valence-corrected chi connectivity index (χ4v) is 2.75. The van der Waals surface area contributed by atoms with E-state index in [2.05, 4.69) is 67.5 Å². The third kappa shape index (κ3) is 10.6. The van der Waals surface area contributed by atoms with E-state index in [0.717, 1.165) is 6.42 Å². The summed E-state index contributed by atoms with van der Waals surface area (Å²) in [6.07, 6.45) is 6.94. The minimum absolute atomic E-state index is 0.0715. The zero-order valence-electron chi connectivity index (χ0n) is 13.2. The Morgan fingerprint density at radius 3 is 1.82 bits per heavy atom. The molecular formula is C16H33N.